The van der Waals surface area contributed by atoms with Crippen LogP contribution in [0.25, 0.3) is 23.0 Å². The Morgan fingerprint density at radius 1 is 1.26 bits per heavy atom. The van der Waals surface area contributed by atoms with Gasteiger partial charge in [0.05, 0.1) is 6.61 Å². The summed E-state index contributed by atoms with van der Waals surface area (Å²) in [4.78, 5) is 4.38. The maximum Gasteiger partial charge on any atom is 0.274 e. The Bertz CT molecular complexity index is 700. The summed E-state index contributed by atoms with van der Waals surface area (Å²) in [5, 5.41) is 13.1. The lowest BCUT2D eigenvalue weighted by Gasteiger charge is -1.98. The SMILES string of the molecule is Cn1cccc1-c1nc(-c2cccc(CO)c2)no1. The van der Waals surface area contributed by atoms with E-state index in [0.717, 1.165) is 16.8 Å². The second kappa shape index (κ2) is 4.70. The van der Waals surface area contributed by atoms with Gasteiger partial charge in [0.15, 0.2) is 0 Å². The molecule has 0 spiro atoms. The second-order valence-corrected chi connectivity index (χ2v) is 4.29. The maximum atomic E-state index is 9.13. The Labute approximate surface area is 110 Å². The molecule has 0 aliphatic heterocycles. The van der Waals surface area contributed by atoms with Crippen molar-refractivity contribution in [3.8, 4) is 23.0 Å². The number of aromatic nitrogens is 3. The molecule has 0 saturated heterocycles. The predicted molar refractivity (Wildman–Crippen MR) is 70.1 cm³/mol. The summed E-state index contributed by atoms with van der Waals surface area (Å²) in [6, 6.07) is 11.3. The van der Waals surface area contributed by atoms with Crippen LogP contribution < -0.4 is 0 Å². The number of hydrogen-bond donors (Lipinski definition) is 1. The quantitative estimate of drug-likeness (QED) is 0.779. The van der Waals surface area contributed by atoms with E-state index in [-0.39, 0.29) is 6.61 Å². The third kappa shape index (κ3) is 2.15. The lowest BCUT2D eigenvalue weighted by molar-refractivity contribution is 0.282. The summed E-state index contributed by atoms with van der Waals surface area (Å²) in [5.41, 5.74) is 2.52. The van der Waals surface area contributed by atoms with Gasteiger partial charge in [-0.25, -0.2) is 0 Å². The zero-order valence-corrected chi connectivity index (χ0v) is 10.4. The van der Waals surface area contributed by atoms with Crippen LogP contribution in [0.5, 0.6) is 0 Å². The molecule has 2 aromatic heterocycles. The van der Waals surface area contributed by atoms with Crippen LogP contribution in [-0.4, -0.2) is 19.8 Å². The molecular weight excluding hydrogens is 242 g/mol. The highest BCUT2D eigenvalue weighted by atomic mass is 16.5. The Kier molecular flexibility index (Phi) is 2.89. The molecule has 0 fully saturated rings. The van der Waals surface area contributed by atoms with Crippen LogP contribution in [0.2, 0.25) is 0 Å². The van der Waals surface area contributed by atoms with E-state index >= 15 is 0 Å². The molecule has 5 heteroatoms. The average molecular weight is 255 g/mol. The molecule has 5 nitrogen and oxygen atoms in total. The normalized spacial score (nSPS) is 10.8. The van der Waals surface area contributed by atoms with Gasteiger partial charge in [-0.05, 0) is 23.8 Å². The van der Waals surface area contributed by atoms with Crippen molar-refractivity contribution < 1.29 is 9.63 Å². The first-order chi connectivity index (χ1) is 9.28. The first kappa shape index (κ1) is 11.7. The van der Waals surface area contributed by atoms with E-state index in [1.165, 1.54) is 0 Å². The molecule has 0 bridgehead atoms. The van der Waals surface area contributed by atoms with E-state index in [4.69, 9.17) is 9.63 Å². The van der Waals surface area contributed by atoms with Crippen molar-refractivity contribution in [2.45, 2.75) is 6.61 Å². The summed E-state index contributed by atoms with van der Waals surface area (Å²) < 4.78 is 7.19. The minimum atomic E-state index is -0.00361. The first-order valence-corrected chi connectivity index (χ1v) is 5.93. The molecule has 0 saturated carbocycles. The summed E-state index contributed by atoms with van der Waals surface area (Å²) in [7, 11) is 1.92. The minimum Gasteiger partial charge on any atom is -0.392 e. The van der Waals surface area contributed by atoms with E-state index in [0.29, 0.717) is 11.7 Å². The third-order valence-electron chi connectivity index (χ3n) is 2.96. The zero-order chi connectivity index (χ0) is 13.2. The standard InChI is InChI=1S/C14H13N3O2/c1-17-7-3-6-12(17)14-15-13(16-19-14)11-5-2-4-10(8-11)9-18/h2-8,18H,9H2,1H3. The third-order valence-corrected chi connectivity index (χ3v) is 2.96. The van der Waals surface area contributed by atoms with Crippen LogP contribution in [0, 0.1) is 0 Å². The first-order valence-electron chi connectivity index (χ1n) is 5.93. The fourth-order valence-corrected chi connectivity index (χ4v) is 1.94. The summed E-state index contributed by atoms with van der Waals surface area (Å²) in [6.45, 7) is -0.00361. The molecule has 19 heavy (non-hydrogen) atoms. The number of aryl methyl sites for hydroxylation is 1. The van der Waals surface area contributed by atoms with E-state index in [2.05, 4.69) is 10.1 Å². The minimum absolute atomic E-state index is 0.00361. The Morgan fingerprint density at radius 2 is 2.16 bits per heavy atom. The highest BCUT2D eigenvalue weighted by molar-refractivity contribution is 5.58. The van der Waals surface area contributed by atoms with Gasteiger partial charge in [0.25, 0.3) is 5.89 Å². The molecule has 0 amide bonds. The van der Waals surface area contributed by atoms with Gasteiger partial charge in [0, 0.05) is 18.8 Å². The van der Waals surface area contributed by atoms with Gasteiger partial charge in [-0.2, -0.15) is 4.98 Å². The smallest absolute Gasteiger partial charge is 0.274 e. The number of hydrogen-bond acceptors (Lipinski definition) is 4. The summed E-state index contributed by atoms with van der Waals surface area (Å²) in [6.07, 6.45) is 1.92. The fraction of sp³-hybridized carbons (Fsp3) is 0.143. The average Bonchev–Trinajstić information content (AvgIpc) is 3.07. The van der Waals surface area contributed by atoms with E-state index in [9.17, 15) is 0 Å². The van der Waals surface area contributed by atoms with Crippen LogP contribution >= 0.6 is 0 Å². The van der Waals surface area contributed by atoms with Crippen molar-refractivity contribution in [1.29, 1.82) is 0 Å². The topological polar surface area (TPSA) is 64.1 Å². The molecule has 0 radical (unpaired) electrons. The molecule has 1 aromatic carbocycles. The molecule has 96 valence electrons. The van der Waals surface area contributed by atoms with Gasteiger partial charge in [-0.3, -0.25) is 0 Å². The Morgan fingerprint density at radius 3 is 2.89 bits per heavy atom. The van der Waals surface area contributed by atoms with Crippen molar-refractivity contribution >= 4 is 0 Å². The molecule has 0 atom stereocenters. The number of nitrogens with zero attached hydrogens (tertiary/aromatic N) is 3. The monoisotopic (exact) mass is 255 g/mol. The van der Waals surface area contributed by atoms with Crippen molar-refractivity contribution in [3.63, 3.8) is 0 Å². The van der Waals surface area contributed by atoms with Gasteiger partial charge in [-0.15, -0.1) is 0 Å². The number of rotatable bonds is 3. The van der Waals surface area contributed by atoms with Crippen LogP contribution in [0.15, 0.2) is 47.1 Å². The van der Waals surface area contributed by atoms with E-state index in [1.807, 2.05) is 54.2 Å². The highest BCUT2D eigenvalue weighted by Gasteiger charge is 2.12. The van der Waals surface area contributed by atoms with Gasteiger partial charge in [-0.1, -0.05) is 23.4 Å². The van der Waals surface area contributed by atoms with Crippen molar-refractivity contribution in [2.24, 2.45) is 7.05 Å². The van der Waals surface area contributed by atoms with Crippen molar-refractivity contribution in [1.82, 2.24) is 14.7 Å². The summed E-state index contributed by atoms with van der Waals surface area (Å²) in [5.74, 6) is 1.00. The second-order valence-electron chi connectivity index (χ2n) is 4.29. The van der Waals surface area contributed by atoms with Crippen LogP contribution in [0.1, 0.15) is 5.56 Å². The van der Waals surface area contributed by atoms with Crippen molar-refractivity contribution in [3.05, 3.63) is 48.2 Å². The van der Waals surface area contributed by atoms with E-state index in [1.54, 1.807) is 0 Å². The fourth-order valence-electron chi connectivity index (χ4n) is 1.94. The van der Waals surface area contributed by atoms with E-state index < -0.39 is 0 Å². The molecule has 0 unspecified atom stereocenters. The predicted octanol–water partition coefficient (Wildman–Crippen LogP) is 2.23. The molecule has 2 heterocycles. The van der Waals surface area contributed by atoms with Crippen LogP contribution in [0.3, 0.4) is 0 Å². The molecule has 3 rings (SSSR count). The molecule has 3 aromatic rings. The molecule has 0 aliphatic rings. The Hall–Kier alpha value is -2.40. The van der Waals surface area contributed by atoms with Crippen LogP contribution in [0.4, 0.5) is 0 Å². The highest BCUT2D eigenvalue weighted by Crippen LogP contribution is 2.22. The lowest BCUT2D eigenvalue weighted by atomic mass is 10.1. The Balaban J connectivity index is 1.99. The largest absolute Gasteiger partial charge is 0.392 e. The van der Waals surface area contributed by atoms with Gasteiger partial charge < -0.3 is 14.2 Å². The van der Waals surface area contributed by atoms with Gasteiger partial charge in [0.2, 0.25) is 5.82 Å². The maximum absolute atomic E-state index is 9.13. The zero-order valence-electron chi connectivity index (χ0n) is 10.4. The molecule has 0 aliphatic carbocycles. The summed E-state index contributed by atoms with van der Waals surface area (Å²) >= 11 is 0. The van der Waals surface area contributed by atoms with Gasteiger partial charge >= 0.3 is 0 Å². The number of benzene rings is 1. The lowest BCUT2D eigenvalue weighted by Crippen LogP contribution is -1.89. The number of aliphatic hydroxyl groups is 1. The number of aliphatic hydroxyl groups excluding tert-OH is 1. The molecular formula is C14H13N3O2. The molecule has 1 N–H and O–H groups in total. The van der Waals surface area contributed by atoms with Crippen molar-refractivity contribution in [2.75, 3.05) is 0 Å². The van der Waals surface area contributed by atoms with Crippen LogP contribution in [-0.2, 0) is 13.7 Å². The van der Waals surface area contributed by atoms with Gasteiger partial charge in [0.1, 0.15) is 5.69 Å².